The minimum atomic E-state index is -1.07. The molecule has 2 N–H and O–H groups in total. The van der Waals surface area contributed by atoms with E-state index in [0.29, 0.717) is 24.6 Å². The standard InChI is InChI=1S/C27H32N6O4S/c1-17-4-5-18(2)33(17)15-19-6-7-22(21(14-19)25(35)36)30-24(34)23-16-38-27(31-23)32-12-8-20(9-13-32)37-26-28-10-3-11-29-26/h3,6-7,10-11,14,16-18,20H,4-5,8-9,12-13,15H2,1-2H3,(H,30,34)(H,35,36). The van der Waals surface area contributed by atoms with Crippen LogP contribution in [-0.2, 0) is 6.54 Å². The van der Waals surface area contributed by atoms with Crippen LogP contribution < -0.4 is 15.0 Å². The van der Waals surface area contributed by atoms with Crippen LogP contribution in [0, 0.1) is 0 Å². The second kappa shape index (κ2) is 11.4. The molecule has 4 heterocycles. The number of amides is 1. The maximum Gasteiger partial charge on any atom is 0.337 e. The van der Waals surface area contributed by atoms with E-state index in [9.17, 15) is 14.7 Å². The molecule has 0 bridgehead atoms. The highest BCUT2D eigenvalue weighted by atomic mass is 32.1. The second-order valence-corrected chi connectivity index (χ2v) is 10.8. The number of aromatic carboxylic acids is 1. The number of thiazole rings is 1. The molecule has 38 heavy (non-hydrogen) atoms. The van der Waals surface area contributed by atoms with Crippen LogP contribution in [0.3, 0.4) is 0 Å². The number of rotatable bonds is 8. The molecule has 2 unspecified atom stereocenters. The Morgan fingerprint density at radius 1 is 1.11 bits per heavy atom. The molecule has 5 rings (SSSR count). The van der Waals surface area contributed by atoms with E-state index in [-0.39, 0.29) is 23.0 Å². The van der Waals surface area contributed by atoms with Crippen molar-refractivity contribution in [1.29, 1.82) is 0 Å². The zero-order valence-corrected chi connectivity index (χ0v) is 22.4. The highest BCUT2D eigenvalue weighted by Gasteiger charge is 2.28. The molecule has 0 aliphatic carbocycles. The van der Waals surface area contributed by atoms with Gasteiger partial charge in [0.15, 0.2) is 5.13 Å². The summed E-state index contributed by atoms with van der Waals surface area (Å²) in [5.41, 5.74) is 1.53. The monoisotopic (exact) mass is 536 g/mol. The summed E-state index contributed by atoms with van der Waals surface area (Å²) in [7, 11) is 0. The van der Waals surface area contributed by atoms with Crippen molar-refractivity contribution >= 4 is 34.0 Å². The molecule has 3 aromatic rings. The van der Waals surface area contributed by atoms with Gasteiger partial charge < -0.3 is 20.1 Å². The van der Waals surface area contributed by atoms with Crippen molar-refractivity contribution in [2.24, 2.45) is 0 Å². The van der Waals surface area contributed by atoms with Crippen LogP contribution in [0.2, 0.25) is 0 Å². The minimum absolute atomic E-state index is 0.0330. The van der Waals surface area contributed by atoms with Gasteiger partial charge in [-0.2, -0.15) is 0 Å². The number of anilines is 2. The molecule has 1 aromatic carbocycles. The van der Waals surface area contributed by atoms with Gasteiger partial charge in [0.05, 0.1) is 11.3 Å². The number of carboxylic acid groups (broad SMARTS) is 1. The van der Waals surface area contributed by atoms with Crippen LogP contribution in [-0.4, -0.2) is 68.1 Å². The van der Waals surface area contributed by atoms with Crippen molar-refractivity contribution in [2.75, 3.05) is 23.3 Å². The van der Waals surface area contributed by atoms with Crippen molar-refractivity contribution in [1.82, 2.24) is 19.9 Å². The van der Waals surface area contributed by atoms with Crippen molar-refractivity contribution in [3.05, 3.63) is 58.9 Å². The summed E-state index contributed by atoms with van der Waals surface area (Å²) < 4.78 is 5.85. The van der Waals surface area contributed by atoms with Gasteiger partial charge >= 0.3 is 12.0 Å². The molecule has 2 aliphatic rings. The first kappa shape index (κ1) is 26.1. The zero-order chi connectivity index (χ0) is 26.6. The Bertz CT molecular complexity index is 1270. The van der Waals surface area contributed by atoms with E-state index in [1.54, 1.807) is 36.0 Å². The van der Waals surface area contributed by atoms with Crippen LogP contribution in [0.25, 0.3) is 0 Å². The molecule has 2 saturated heterocycles. The normalized spacial score (nSPS) is 20.4. The number of carbonyl (C=O) groups is 2. The van der Waals surface area contributed by atoms with E-state index >= 15 is 0 Å². The predicted molar refractivity (Wildman–Crippen MR) is 145 cm³/mol. The first-order valence-corrected chi connectivity index (χ1v) is 13.8. The number of nitrogens with zero attached hydrogens (tertiary/aromatic N) is 5. The summed E-state index contributed by atoms with van der Waals surface area (Å²) in [6, 6.07) is 8.29. The maximum absolute atomic E-state index is 13.0. The third-order valence-electron chi connectivity index (χ3n) is 7.31. The first-order valence-electron chi connectivity index (χ1n) is 12.9. The van der Waals surface area contributed by atoms with E-state index in [4.69, 9.17) is 4.74 Å². The fourth-order valence-electron chi connectivity index (χ4n) is 5.11. The van der Waals surface area contributed by atoms with Crippen LogP contribution >= 0.6 is 11.3 Å². The fraction of sp³-hybridized carbons (Fsp3) is 0.444. The van der Waals surface area contributed by atoms with Crippen molar-refractivity contribution in [2.45, 2.75) is 64.3 Å². The SMILES string of the molecule is CC1CCC(C)N1Cc1ccc(NC(=O)c2csc(N3CCC(Oc4ncccn4)CC3)n2)c(C(=O)O)c1. The summed E-state index contributed by atoms with van der Waals surface area (Å²) in [5.74, 6) is -1.50. The molecular formula is C27H32N6O4S. The molecule has 0 saturated carbocycles. The lowest BCUT2D eigenvalue weighted by Gasteiger charge is -2.31. The number of aromatic nitrogens is 3. The summed E-state index contributed by atoms with van der Waals surface area (Å²) in [6.45, 7) is 6.57. The Balaban J connectivity index is 1.20. The summed E-state index contributed by atoms with van der Waals surface area (Å²) in [5, 5.41) is 15.0. The molecule has 2 fully saturated rings. The third kappa shape index (κ3) is 5.94. The van der Waals surface area contributed by atoms with Crippen LogP contribution in [0.4, 0.5) is 10.8 Å². The number of likely N-dealkylation sites (tertiary alicyclic amines) is 1. The molecular weight excluding hydrogens is 504 g/mol. The molecule has 11 heteroatoms. The van der Waals surface area contributed by atoms with E-state index in [0.717, 1.165) is 49.5 Å². The van der Waals surface area contributed by atoms with Crippen molar-refractivity contribution in [3.8, 4) is 6.01 Å². The van der Waals surface area contributed by atoms with Gasteiger partial charge in [-0.3, -0.25) is 9.69 Å². The molecule has 2 aromatic heterocycles. The minimum Gasteiger partial charge on any atom is -0.478 e. The summed E-state index contributed by atoms with van der Waals surface area (Å²) in [4.78, 5) is 42.3. The van der Waals surface area contributed by atoms with Crippen LogP contribution in [0.5, 0.6) is 6.01 Å². The predicted octanol–water partition coefficient (Wildman–Crippen LogP) is 4.30. The average Bonchev–Trinajstić information content (AvgIpc) is 3.53. The highest BCUT2D eigenvalue weighted by molar-refractivity contribution is 7.14. The largest absolute Gasteiger partial charge is 0.478 e. The highest BCUT2D eigenvalue weighted by Crippen LogP contribution is 2.28. The number of hydrogen-bond acceptors (Lipinski definition) is 9. The number of benzene rings is 1. The quantitative estimate of drug-likeness (QED) is 0.434. The van der Waals surface area contributed by atoms with Gasteiger partial charge in [-0.15, -0.1) is 11.3 Å². The van der Waals surface area contributed by atoms with Gasteiger partial charge in [0.1, 0.15) is 11.8 Å². The number of carboxylic acids is 1. The zero-order valence-electron chi connectivity index (χ0n) is 21.5. The Labute approximate surface area is 225 Å². The fourth-order valence-corrected chi connectivity index (χ4v) is 5.97. The molecule has 200 valence electrons. The molecule has 10 nitrogen and oxygen atoms in total. The molecule has 2 aliphatic heterocycles. The molecule has 1 amide bonds. The van der Waals surface area contributed by atoms with Gasteiger partial charge in [0.25, 0.3) is 5.91 Å². The third-order valence-corrected chi connectivity index (χ3v) is 8.22. The van der Waals surface area contributed by atoms with Crippen LogP contribution in [0.15, 0.2) is 42.0 Å². The Morgan fingerprint density at radius 2 is 1.82 bits per heavy atom. The lowest BCUT2D eigenvalue weighted by Crippen LogP contribution is -2.38. The lowest BCUT2D eigenvalue weighted by molar-refractivity contribution is 0.0697. The lowest BCUT2D eigenvalue weighted by atomic mass is 10.1. The number of carbonyl (C=O) groups excluding carboxylic acids is 1. The number of ether oxygens (including phenoxy) is 1. The number of piperidine rings is 1. The van der Waals surface area contributed by atoms with Crippen molar-refractivity contribution < 1.29 is 19.4 Å². The van der Waals surface area contributed by atoms with E-state index in [1.165, 1.54) is 11.3 Å². The molecule has 2 atom stereocenters. The first-order chi connectivity index (χ1) is 18.4. The van der Waals surface area contributed by atoms with Gasteiger partial charge in [-0.25, -0.2) is 19.7 Å². The van der Waals surface area contributed by atoms with E-state index in [2.05, 4.69) is 43.9 Å². The Morgan fingerprint density at radius 3 is 2.50 bits per heavy atom. The summed E-state index contributed by atoms with van der Waals surface area (Å²) in [6.07, 6.45) is 7.22. The van der Waals surface area contributed by atoms with Gasteiger partial charge in [0.2, 0.25) is 0 Å². The second-order valence-electron chi connectivity index (χ2n) is 9.94. The maximum atomic E-state index is 13.0. The molecule has 0 radical (unpaired) electrons. The smallest absolute Gasteiger partial charge is 0.337 e. The van der Waals surface area contributed by atoms with Gasteiger partial charge in [-0.1, -0.05) is 6.07 Å². The van der Waals surface area contributed by atoms with E-state index in [1.807, 2.05) is 6.07 Å². The number of hydrogen-bond donors (Lipinski definition) is 2. The Hall–Kier alpha value is -3.57. The molecule has 0 spiro atoms. The van der Waals surface area contributed by atoms with E-state index < -0.39 is 11.9 Å². The summed E-state index contributed by atoms with van der Waals surface area (Å²) >= 11 is 1.40. The van der Waals surface area contributed by atoms with Crippen molar-refractivity contribution in [3.63, 3.8) is 0 Å². The average molecular weight is 537 g/mol. The van der Waals surface area contributed by atoms with Gasteiger partial charge in [-0.05, 0) is 50.5 Å². The number of nitrogens with one attached hydrogen (secondary N) is 1. The van der Waals surface area contributed by atoms with Gasteiger partial charge in [0, 0.05) is 62.3 Å². The van der Waals surface area contributed by atoms with Crippen LogP contribution in [0.1, 0.15) is 65.9 Å². The Kier molecular flexibility index (Phi) is 7.85. The topological polar surface area (TPSA) is 121 Å².